The number of halogens is 1. The Morgan fingerprint density at radius 3 is 2.60 bits per heavy atom. The molecule has 0 saturated carbocycles. The average Bonchev–Trinajstić information content (AvgIpc) is 2.48. The van der Waals surface area contributed by atoms with Gasteiger partial charge in [-0.2, -0.15) is 5.26 Å². The summed E-state index contributed by atoms with van der Waals surface area (Å²) < 4.78 is 0.817. The van der Waals surface area contributed by atoms with Crippen LogP contribution >= 0.6 is 15.9 Å². The fourth-order valence-electron chi connectivity index (χ4n) is 1.80. The first-order valence-electron chi connectivity index (χ1n) is 6.14. The lowest BCUT2D eigenvalue weighted by Crippen LogP contribution is -2.23. The summed E-state index contributed by atoms with van der Waals surface area (Å²) in [6, 6.07) is 14.8. The molecule has 2 aromatic carbocycles. The third-order valence-electron chi connectivity index (χ3n) is 2.97. The maximum Gasteiger partial charge on any atom is 0.252 e. The summed E-state index contributed by atoms with van der Waals surface area (Å²) in [4.78, 5) is 12.1. The number of hydrogen-bond donors (Lipinski definition) is 1. The molecule has 0 aromatic heterocycles. The Kier molecular flexibility index (Phi) is 4.54. The van der Waals surface area contributed by atoms with Gasteiger partial charge in [0.15, 0.2) is 0 Å². The molecule has 0 spiro atoms. The molecule has 4 heteroatoms. The Balaban J connectivity index is 2.05. The second-order valence-corrected chi connectivity index (χ2v) is 5.22. The first kappa shape index (κ1) is 14.3. The number of aryl methyl sites for hydroxylation is 1. The zero-order valence-corrected chi connectivity index (χ0v) is 12.6. The van der Waals surface area contributed by atoms with Gasteiger partial charge >= 0.3 is 0 Å². The van der Waals surface area contributed by atoms with E-state index in [0.717, 1.165) is 15.6 Å². The molecule has 2 rings (SSSR count). The molecule has 20 heavy (non-hydrogen) atoms. The molecule has 0 aliphatic carbocycles. The van der Waals surface area contributed by atoms with E-state index in [4.69, 9.17) is 5.26 Å². The molecule has 0 heterocycles. The van der Waals surface area contributed by atoms with E-state index >= 15 is 0 Å². The molecular formula is C16H13BrN2O. The van der Waals surface area contributed by atoms with Gasteiger partial charge in [-0.1, -0.05) is 24.3 Å². The van der Waals surface area contributed by atoms with Crippen molar-refractivity contribution in [2.75, 3.05) is 0 Å². The van der Waals surface area contributed by atoms with E-state index < -0.39 is 0 Å². The van der Waals surface area contributed by atoms with E-state index in [2.05, 4.69) is 27.3 Å². The monoisotopic (exact) mass is 328 g/mol. The van der Waals surface area contributed by atoms with Crippen molar-refractivity contribution in [3.8, 4) is 6.07 Å². The normalized spacial score (nSPS) is 9.85. The number of nitrogens with zero attached hydrogens (tertiary/aromatic N) is 1. The van der Waals surface area contributed by atoms with Crippen LogP contribution in [0, 0.1) is 18.3 Å². The lowest BCUT2D eigenvalue weighted by molar-refractivity contribution is 0.0950. The van der Waals surface area contributed by atoms with Gasteiger partial charge in [0.05, 0.1) is 17.2 Å². The minimum Gasteiger partial charge on any atom is -0.348 e. The summed E-state index contributed by atoms with van der Waals surface area (Å²) in [5.41, 5.74) is 3.22. The molecule has 3 nitrogen and oxygen atoms in total. The molecule has 2 aromatic rings. The summed E-state index contributed by atoms with van der Waals surface area (Å²) in [6.45, 7) is 2.38. The van der Waals surface area contributed by atoms with Crippen LogP contribution in [-0.4, -0.2) is 5.91 Å². The number of hydrogen-bond acceptors (Lipinski definition) is 2. The van der Waals surface area contributed by atoms with E-state index in [-0.39, 0.29) is 5.91 Å². The van der Waals surface area contributed by atoms with Crippen molar-refractivity contribution in [3.63, 3.8) is 0 Å². The lowest BCUT2D eigenvalue weighted by atomic mass is 10.1. The van der Waals surface area contributed by atoms with Crippen molar-refractivity contribution in [3.05, 3.63) is 69.2 Å². The summed E-state index contributed by atoms with van der Waals surface area (Å²) >= 11 is 3.43. The number of rotatable bonds is 3. The highest BCUT2D eigenvalue weighted by Gasteiger charge is 2.10. The third kappa shape index (κ3) is 3.25. The highest BCUT2D eigenvalue weighted by molar-refractivity contribution is 9.10. The van der Waals surface area contributed by atoms with Crippen LogP contribution in [0.4, 0.5) is 0 Å². The predicted molar refractivity (Wildman–Crippen MR) is 81.2 cm³/mol. The molecule has 0 aliphatic rings. The molecule has 0 atom stereocenters. The van der Waals surface area contributed by atoms with Crippen molar-refractivity contribution in [1.29, 1.82) is 5.26 Å². The Morgan fingerprint density at radius 1 is 1.25 bits per heavy atom. The molecule has 0 radical (unpaired) electrons. The summed E-state index contributed by atoms with van der Waals surface area (Å²) in [7, 11) is 0. The first-order valence-corrected chi connectivity index (χ1v) is 6.93. The van der Waals surface area contributed by atoms with Crippen molar-refractivity contribution < 1.29 is 4.79 Å². The van der Waals surface area contributed by atoms with Crippen LogP contribution in [0.5, 0.6) is 0 Å². The maximum absolute atomic E-state index is 12.1. The zero-order chi connectivity index (χ0) is 14.5. The molecule has 0 fully saturated rings. The highest BCUT2D eigenvalue weighted by Crippen LogP contribution is 2.20. The highest BCUT2D eigenvalue weighted by atomic mass is 79.9. The molecule has 0 bridgehead atoms. The average molecular weight is 329 g/mol. The first-order chi connectivity index (χ1) is 9.61. The number of benzene rings is 2. The molecule has 0 aliphatic heterocycles. The minimum absolute atomic E-state index is 0.120. The Bertz CT molecular complexity index is 672. The second kappa shape index (κ2) is 6.36. The molecule has 100 valence electrons. The third-order valence-corrected chi connectivity index (χ3v) is 4.03. The minimum atomic E-state index is -0.120. The lowest BCUT2D eigenvalue weighted by Gasteiger charge is -2.08. The van der Waals surface area contributed by atoms with Crippen molar-refractivity contribution in [2.24, 2.45) is 0 Å². The van der Waals surface area contributed by atoms with Gasteiger partial charge in [-0.3, -0.25) is 4.79 Å². The Morgan fingerprint density at radius 2 is 1.95 bits per heavy atom. The Labute approximate surface area is 126 Å². The van der Waals surface area contributed by atoms with Gasteiger partial charge in [0.1, 0.15) is 0 Å². The van der Waals surface area contributed by atoms with Crippen LogP contribution in [-0.2, 0) is 6.54 Å². The van der Waals surface area contributed by atoms with E-state index in [1.165, 1.54) is 0 Å². The van der Waals surface area contributed by atoms with Crippen LogP contribution in [0.2, 0.25) is 0 Å². The molecule has 0 unspecified atom stereocenters. The standard InChI is InChI=1S/C16H13BrN2O/c1-11-3-2-4-14(15(11)17)16(20)19-10-13-7-5-12(9-18)6-8-13/h2-8H,10H2,1H3,(H,19,20). The molecular weight excluding hydrogens is 316 g/mol. The fourth-order valence-corrected chi connectivity index (χ4v) is 2.24. The van der Waals surface area contributed by atoms with Gasteiger partial charge in [-0.25, -0.2) is 0 Å². The van der Waals surface area contributed by atoms with Crippen molar-refractivity contribution in [2.45, 2.75) is 13.5 Å². The largest absolute Gasteiger partial charge is 0.348 e. The topological polar surface area (TPSA) is 52.9 Å². The van der Waals surface area contributed by atoms with Gasteiger partial charge < -0.3 is 5.32 Å². The number of nitrogens with one attached hydrogen (secondary N) is 1. The van der Waals surface area contributed by atoms with E-state index in [9.17, 15) is 4.79 Å². The van der Waals surface area contributed by atoms with Crippen LogP contribution in [0.3, 0.4) is 0 Å². The fraction of sp³-hybridized carbons (Fsp3) is 0.125. The van der Waals surface area contributed by atoms with Crippen molar-refractivity contribution >= 4 is 21.8 Å². The van der Waals surface area contributed by atoms with Gasteiger partial charge in [0.2, 0.25) is 0 Å². The van der Waals surface area contributed by atoms with Crippen LogP contribution in [0.25, 0.3) is 0 Å². The van der Waals surface area contributed by atoms with Crippen molar-refractivity contribution in [1.82, 2.24) is 5.32 Å². The van der Waals surface area contributed by atoms with Gasteiger partial charge in [-0.15, -0.1) is 0 Å². The summed E-state index contributed by atoms with van der Waals surface area (Å²) in [5.74, 6) is -0.120. The van der Waals surface area contributed by atoms with E-state index in [1.807, 2.05) is 31.2 Å². The summed E-state index contributed by atoms with van der Waals surface area (Å²) in [6.07, 6.45) is 0. The van der Waals surface area contributed by atoms with Crippen LogP contribution in [0.15, 0.2) is 46.9 Å². The molecule has 1 amide bonds. The van der Waals surface area contributed by atoms with Gasteiger partial charge in [-0.05, 0) is 52.2 Å². The number of carbonyl (C=O) groups excluding carboxylic acids is 1. The number of amides is 1. The second-order valence-electron chi connectivity index (χ2n) is 4.43. The quantitative estimate of drug-likeness (QED) is 0.936. The SMILES string of the molecule is Cc1cccc(C(=O)NCc2ccc(C#N)cc2)c1Br. The zero-order valence-electron chi connectivity index (χ0n) is 11.0. The Hall–Kier alpha value is -2.12. The number of nitriles is 1. The van der Waals surface area contributed by atoms with E-state index in [0.29, 0.717) is 17.7 Å². The smallest absolute Gasteiger partial charge is 0.252 e. The van der Waals surface area contributed by atoms with Crippen LogP contribution in [0.1, 0.15) is 27.0 Å². The summed E-state index contributed by atoms with van der Waals surface area (Å²) in [5, 5.41) is 11.6. The maximum atomic E-state index is 12.1. The van der Waals surface area contributed by atoms with E-state index in [1.54, 1.807) is 18.2 Å². The van der Waals surface area contributed by atoms with Gasteiger partial charge in [0, 0.05) is 11.0 Å². The van der Waals surface area contributed by atoms with Crippen LogP contribution < -0.4 is 5.32 Å². The molecule has 1 N–H and O–H groups in total. The molecule has 0 saturated heterocycles. The predicted octanol–water partition coefficient (Wildman–Crippen LogP) is 3.56. The van der Waals surface area contributed by atoms with Gasteiger partial charge in [0.25, 0.3) is 5.91 Å². The number of carbonyl (C=O) groups is 1.